The highest BCUT2D eigenvalue weighted by Crippen LogP contribution is 2.23. The van der Waals surface area contributed by atoms with Crippen molar-refractivity contribution in [3.8, 4) is 5.75 Å². The fourth-order valence-corrected chi connectivity index (χ4v) is 3.14. The van der Waals surface area contributed by atoms with Crippen LogP contribution in [0.3, 0.4) is 0 Å². The predicted octanol–water partition coefficient (Wildman–Crippen LogP) is 3.36. The molecule has 1 saturated heterocycles. The molecule has 5 nitrogen and oxygen atoms in total. The third-order valence-corrected chi connectivity index (χ3v) is 4.73. The van der Waals surface area contributed by atoms with Crippen LogP contribution in [0.4, 0.5) is 0 Å². The van der Waals surface area contributed by atoms with Crippen LogP contribution in [0.2, 0.25) is 10.0 Å². The molecule has 136 valence electrons. The van der Waals surface area contributed by atoms with E-state index in [9.17, 15) is 9.59 Å². The third kappa shape index (κ3) is 4.48. The summed E-state index contributed by atoms with van der Waals surface area (Å²) < 4.78 is 5.49. The Labute approximate surface area is 162 Å². The van der Waals surface area contributed by atoms with E-state index < -0.39 is 0 Å². The Kier molecular flexibility index (Phi) is 6.01. The Morgan fingerprint density at radius 1 is 0.923 bits per heavy atom. The summed E-state index contributed by atoms with van der Waals surface area (Å²) in [5.74, 6) is 0.281. The SMILES string of the molecule is O=C(COc1ccccc1Cl)N1CCN(C(=O)c2cccc(Cl)c2)CC1. The van der Waals surface area contributed by atoms with Crippen LogP contribution in [0, 0.1) is 0 Å². The van der Waals surface area contributed by atoms with E-state index in [1.165, 1.54) is 0 Å². The Morgan fingerprint density at radius 2 is 1.62 bits per heavy atom. The average Bonchev–Trinajstić information content (AvgIpc) is 2.66. The number of benzene rings is 2. The normalized spacial score (nSPS) is 14.2. The second-order valence-corrected chi connectivity index (χ2v) is 6.75. The van der Waals surface area contributed by atoms with E-state index in [1.807, 2.05) is 0 Å². The van der Waals surface area contributed by atoms with Crippen molar-refractivity contribution >= 4 is 35.0 Å². The molecule has 3 rings (SSSR count). The van der Waals surface area contributed by atoms with Gasteiger partial charge in [0.25, 0.3) is 11.8 Å². The van der Waals surface area contributed by atoms with E-state index in [0.717, 1.165) is 0 Å². The Balaban J connectivity index is 1.51. The van der Waals surface area contributed by atoms with Gasteiger partial charge in [0.15, 0.2) is 6.61 Å². The highest BCUT2D eigenvalue weighted by molar-refractivity contribution is 6.32. The van der Waals surface area contributed by atoms with E-state index >= 15 is 0 Å². The van der Waals surface area contributed by atoms with E-state index in [-0.39, 0.29) is 18.4 Å². The second kappa shape index (κ2) is 8.43. The van der Waals surface area contributed by atoms with Gasteiger partial charge in [-0.05, 0) is 30.3 Å². The molecule has 0 atom stereocenters. The Morgan fingerprint density at radius 3 is 2.31 bits per heavy atom. The minimum absolute atomic E-state index is 0.0769. The molecule has 26 heavy (non-hydrogen) atoms. The Bertz CT molecular complexity index is 805. The zero-order valence-corrected chi connectivity index (χ0v) is 15.5. The number of rotatable bonds is 4. The van der Waals surface area contributed by atoms with Crippen LogP contribution >= 0.6 is 23.2 Å². The number of hydrogen-bond acceptors (Lipinski definition) is 3. The molecule has 0 N–H and O–H groups in total. The van der Waals surface area contributed by atoms with Gasteiger partial charge in [-0.2, -0.15) is 0 Å². The maximum atomic E-state index is 12.5. The number of piperazine rings is 1. The summed E-state index contributed by atoms with van der Waals surface area (Å²) in [5, 5.41) is 0.999. The first-order chi connectivity index (χ1) is 12.5. The van der Waals surface area contributed by atoms with Crippen molar-refractivity contribution in [2.75, 3.05) is 32.8 Å². The summed E-state index contributed by atoms with van der Waals surface area (Å²) in [5.41, 5.74) is 0.555. The van der Waals surface area contributed by atoms with Gasteiger partial charge in [0.1, 0.15) is 5.75 Å². The zero-order chi connectivity index (χ0) is 18.5. The van der Waals surface area contributed by atoms with Gasteiger partial charge in [-0.3, -0.25) is 9.59 Å². The molecule has 1 fully saturated rings. The van der Waals surface area contributed by atoms with Gasteiger partial charge < -0.3 is 14.5 Å². The lowest BCUT2D eigenvalue weighted by molar-refractivity contribution is -0.134. The number of nitrogens with zero attached hydrogens (tertiary/aromatic N) is 2. The van der Waals surface area contributed by atoms with Gasteiger partial charge in [0, 0.05) is 36.8 Å². The van der Waals surface area contributed by atoms with Gasteiger partial charge in [0.05, 0.1) is 5.02 Å². The predicted molar refractivity (Wildman–Crippen MR) is 101 cm³/mol. The number of para-hydroxylation sites is 1. The van der Waals surface area contributed by atoms with Crippen molar-refractivity contribution in [1.82, 2.24) is 9.80 Å². The lowest BCUT2D eigenvalue weighted by Gasteiger charge is -2.34. The van der Waals surface area contributed by atoms with Crippen LogP contribution in [0.15, 0.2) is 48.5 Å². The molecular weight excluding hydrogens is 375 g/mol. The number of halogens is 2. The fourth-order valence-electron chi connectivity index (χ4n) is 2.76. The minimum Gasteiger partial charge on any atom is -0.482 e. The molecule has 7 heteroatoms. The molecule has 1 aliphatic rings. The van der Waals surface area contributed by atoms with Crippen LogP contribution in [-0.2, 0) is 4.79 Å². The van der Waals surface area contributed by atoms with Crippen LogP contribution in [0.1, 0.15) is 10.4 Å². The molecule has 0 bridgehead atoms. The van der Waals surface area contributed by atoms with E-state index in [1.54, 1.807) is 58.3 Å². The molecule has 1 aliphatic heterocycles. The van der Waals surface area contributed by atoms with E-state index in [2.05, 4.69) is 0 Å². The van der Waals surface area contributed by atoms with Crippen molar-refractivity contribution in [2.24, 2.45) is 0 Å². The summed E-state index contributed by atoms with van der Waals surface area (Å²) in [6.07, 6.45) is 0. The summed E-state index contributed by atoms with van der Waals surface area (Å²) in [7, 11) is 0. The Hall–Kier alpha value is -2.24. The van der Waals surface area contributed by atoms with Crippen LogP contribution in [-0.4, -0.2) is 54.4 Å². The highest BCUT2D eigenvalue weighted by Gasteiger charge is 2.25. The smallest absolute Gasteiger partial charge is 0.260 e. The first-order valence-electron chi connectivity index (χ1n) is 8.24. The molecule has 0 saturated carbocycles. The zero-order valence-electron chi connectivity index (χ0n) is 14.0. The molecule has 2 aromatic carbocycles. The molecule has 1 heterocycles. The summed E-state index contributed by atoms with van der Waals surface area (Å²) >= 11 is 12.0. The van der Waals surface area contributed by atoms with Crippen molar-refractivity contribution in [3.63, 3.8) is 0 Å². The molecule has 2 aromatic rings. The number of carbonyl (C=O) groups is 2. The van der Waals surface area contributed by atoms with Crippen LogP contribution in [0.5, 0.6) is 5.75 Å². The van der Waals surface area contributed by atoms with Crippen LogP contribution < -0.4 is 4.74 Å². The van der Waals surface area contributed by atoms with Crippen molar-refractivity contribution in [2.45, 2.75) is 0 Å². The van der Waals surface area contributed by atoms with E-state index in [4.69, 9.17) is 27.9 Å². The second-order valence-electron chi connectivity index (χ2n) is 5.90. The van der Waals surface area contributed by atoms with Crippen molar-refractivity contribution in [1.29, 1.82) is 0 Å². The average molecular weight is 393 g/mol. The number of hydrogen-bond donors (Lipinski definition) is 0. The quantitative estimate of drug-likeness (QED) is 0.801. The minimum atomic E-state index is -0.125. The number of amides is 2. The topological polar surface area (TPSA) is 49.9 Å². The largest absolute Gasteiger partial charge is 0.482 e. The molecule has 0 radical (unpaired) electrons. The maximum absolute atomic E-state index is 12.5. The maximum Gasteiger partial charge on any atom is 0.260 e. The highest BCUT2D eigenvalue weighted by atomic mass is 35.5. The molecule has 2 amide bonds. The lowest BCUT2D eigenvalue weighted by atomic mass is 10.2. The first kappa shape index (κ1) is 18.5. The van der Waals surface area contributed by atoms with Gasteiger partial charge in [0.2, 0.25) is 0 Å². The molecular formula is C19H18Cl2N2O3. The van der Waals surface area contributed by atoms with Crippen molar-refractivity contribution < 1.29 is 14.3 Å². The van der Waals surface area contributed by atoms with Gasteiger partial charge in [-0.25, -0.2) is 0 Å². The molecule has 0 unspecified atom stereocenters. The van der Waals surface area contributed by atoms with Gasteiger partial charge >= 0.3 is 0 Å². The first-order valence-corrected chi connectivity index (χ1v) is 9.00. The standard InChI is InChI=1S/C19H18Cl2N2O3/c20-15-5-3-4-14(12-15)19(25)23-10-8-22(9-11-23)18(24)13-26-17-7-2-1-6-16(17)21/h1-7,12H,8-11,13H2. The molecule has 0 aromatic heterocycles. The summed E-state index contributed by atoms with van der Waals surface area (Å²) in [6, 6.07) is 13.9. The van der Waals surface area contributed by atoms with Gasteiger partial charge in [-0.15, -0.1) is 0 Å². The molecule has 0 spiro atoms. The summed E-state index contributed by atoms with van der Waals surface area (Å²) in [4.78, 5) is 28.2. The third-order valence-electron chi connectivity index (χ3n) is 4.18. The molecule has 0 aliphatic carbocycles. The summed E-state index contributed by atoms with van der Waals surface area (Å²) in [6.45, 7) is 1.81. The number of carbonyl (C=O) groups excluding carboxylic acids is 2. The lowest BCUT2D eigenvalue weighted by Crippen LogP contribution is -2.51. The van der Waals surface area contributed by atoms with Crippen LogP contribution in [0.25, 0.3) is 0 Å². The monoisotopic (exact) mass is 392 g/mol. The fraction of sp³-hybridized carbons (Fsp3) is 0.263. The van der Waals surface area contributed by atoms with Gasteiger partial charge in [-0.1, -0.05) is 41.4 Å². The van der Waals surface area contributed by atoms with Crippen molar-refractivity contribution in [3.05, 3.63) is 64.1 Å². The van der Waals surface area contributed by atoms with E-state index in [0.29, 0.717) is 47.5 Å². The number of ether oxygens (including phenoxy) is 1.